The lowest BCUT2D eigenvalue weighted by Crippen LogP contribution is -2.27. The zero-order valence-corrected chi connectivity index (χ0v) is 11.1. The maximum Gasteiger partial charge on any atom is 0.274 e. The van der Waals surface area contributed by atoms with E-state index in [2.05, 4.69) is 11.1 Å². The molecule has 0 bridgehead atoms. The number of carbonyl (C=O) groups is 1. The van der Waals surface area contributed by atoms with Gasteiger partial charge in [-0.25, -0.2) is 4.98 Å². The van der Waals surface area contributed by atoms with Crippen LogP contribution >= 0.6 is 0 Å². The molecule has 20 heavy (non-hydrogen) atoms. The van der Waals surface area contributed by atoms with Gasteiger partial charge in [-0.05, 0) is 29.8 Å². The van der Waals surface area contributed by atoms with Crippen LogP contribution in [0.4, 0.5) is 5.69 Å². The predicted octanol–water partition coefficient (Wildman–Crippen LogP) is 1.81. The molecule has 5 nitrogen and oxygen atoms in total. The summed E-state index contributed by atoms with van der Waals surface area (Å²) in [6.07, 6.45) is 1.54. The number of aromatic nitrogens is 1. The summed E-state index contributed by atoms with van der Waals surface area (Å²) >= 11 is 0. The van der Waals surface area contributed by atoms with Crippen molar-refractivity contribution in [3.63, 3.8) is 0 Å². The van der Waals surface area contributed by atoms with Gasteiger partial charge in [-0.15, -0.1) is 0 Å². The third-order valence-corrected chi connectivity index (χ3v) is 2.86. The van der Waals surface area contributed by atoms with E-state index in [1.54, 1.807) is 37.4 Å². The highest BCUT2D eigenvalue weighted by molar-refractivity contribution is 5.96. The minimum absolute atomic E-state index is 0.242. The SMILES string of the molecule is CN(Cc1cccc(C#N)c1)C(=O)c1ncccc1N. The van der Waals surface area contributed by atoms with Crippen molar-refractivity contribution >= 4 is 11.6 Å². The summed E-state index contributed by atoms with van der Waals surface area (Å²) in [6.45, 7) is 0.393. The van der Waals surface area contributed by atoms with Crippen molar-refractivity contribution in [2.45, 2.75) is 6.54 Å². The van der Waals surface area contributed by atoms with Gasteiger partial charge in [-0.1, -0.05) is 12.1 Å². The molecule has 0 saturated carbocycles. The number of amides is 1. The molecule has 2 aromatic rings. The standard InChI is InChI=1S/C15H14N4O/c1-19(10-12-5-2-4-11(8-12)9-16)15(20)14-13(17)6-3-7-18-14/h2-8H,10,17H2,1H3. The molecule has 0 radical (unpaired) electrons. The predicted molar refractivity (Wildman–Crippen MR) is 75.6 cm³/mol. The molecule has 2 N–H and O–H groups in total. The first-order valence-corrected chi connectivity index (χ1v) is 6.07. The normalized spacial score (nSPS) is 9.80. The molecular weight excluding hydrogens is 252 g/mol. The first-order valence-electron chi connectivity index (χ1n) is 6.07. The van der Waals surface area contributed by atoms with E-state index in [1.165, 1.54) is 11.1 Å². The van der Waals surface area contributed by atoms with Crippen LogP contribution in [0, 0.1) is 11.3 Å². The van der Waals surface area contributed by atoms with Crippen LogP contribution in [-0.4, -0.2) is 22.8 Å². The van der Waals surface area contributed by atoms with E-state index in [9.17, 15) is 4.79 Å². The molecule has 1 aromatic carbocycles. The highest BCUT2D eigenvalue weighted by Gasteiger charge is 2.16. The number of carbonyl (C=O) groups excluding carboxylic acids is 1. The van der Waals surface area contributed by atoms with Crippen LogP contribution in [0.2, 0.25) is 0 Å². The van der Waals surface area contributed by atoms with Crippen LogP contribution in [0.15, 0.2) is 42.6 Å². The molecule has 1 aromatic heterocycles. The van der Waals surface area contributed by atoms with Crippen LogP contribution < -0.4 is 5.73 Å². The van der Waals surface area contributed by atoms with Crippen molar-refractivity contribution in [2.24, 2.45) is 0 Å². The number of hydrogen-bond donors (Lipinski definition) is 1. The average molecular weight is 266 g/mol. The number of nitrogens with zero attached hydrogens (tertiary/aromatic N) is 3. The molecule has 2 rings (SSSR count). The summed E-state index contributed by atoms with van der Waals surface area (Å²) in [6, 6.07) is 12.5. The fourth-order valence-electron chi connectivity index (χ4n) is 1.86. The zero-order chi connectivity index (χ0) is 14.5. The fraction of sp³-hybridized carbons (Fsp3) is 0.133. The Morgan fingerprint density at radius 1 is 1.40 bits per heavy atom. The van der Waals surface area contributed by atoms with Crippen molar-refractivity contribution in [3.05, 3.63) is 59.4 Å². The first-order chi connectivity index (χ1) is 9.61. The van der Waals surface area contributed by atoms with E-state index in [0.29, 0.717) is 17.8 Å². The largest absolute Gasteiger partial charge is 0.397 e. The molecule has 100 valence electrons. The second-order valence-electron chi connectivity index (χ2n) is 4.41. The van der Waals surface area contributed by atoms with E-state index in [-0.39, 0.29) is 11.6 Å². The highest BCUT2D eigenvalue weighted by Crippen LogP contribution is 2.12. The molecule has 0 aliphatic heterocycles. The molecule has 0 spiro atoms. The minimum atomic E-state index is -0.245. The molecule has 0 aliphatic rings. The van der Waals surface area contributed by atoms with Gasteiger partial charge in [0.05, 0.1) is 17.3 Å². The number of nitrogens with two attached hydrogens (primary N) is 1. The van der Waals surface area contributed by atoms with E-state index in [1.807, 2.05) is 6.07 Å². The summed E-state index contributed by atoms with van der Waals surface area (Å²) in [5.41, 5.74) is 7.80. The number of benzene rings is 1. The number of anilines is 1. The van der Waals surface area contributed by atoms with Crippen molar-refractivity contribution in [2.75, 3.05) is 12.8 Å². The summed E-state index contributed by atoms with van der Waals surface area (Å²) in [4.78, 5) is 17.8. The number of nitrogen functional groups attached to an aromatic ring is 1. The minimum Gasteiger partial charge on any atom is -0.397 e. The van der Waals surface area contributed by atoms with Gasteiger partial charge in [-0.3, -0.25) is 4.79 Å². The Morgan fingerprint density at radius 3 is 2.90 bits per heavy atom. The van der Waals surface area contributed by atoms with Gasteiger partial charge < -0.3 is 10.6 Å². The molecule has 0 atom stereocenters. The highest BCUT2D eigenvalue weighted by atomic mass is 16.2. The average Bonchev–Trinajstić information content (AvgIpc) is 2.47. The Hall–Kier alpha value is -2.87. The molecule has 0 aliphatic carbocycles. The van der Waals surface area contributed by atoms with Gasteiger partial charge in [-0.2, -0.15) is 5.26 Å². The Labute approximate surface area is 117 Å². The summed E-state index contributed by atoms with van der Waals surface area (Å²) in [5.74, 6) is -0.245. The zero-order valence-electron chi connectivity index (χ0n) is 11.1. The van der Waals surface area contributed by atoms with Crippen LogP contribution in [0.5, 0.6) is 0 Å². The Balaban J connectivity index is 2.16. The van der Waals surface area contributed by atoms with Crippen LogP contribution in [-0.2, 0) is 6.54 Å². The second-order valence-corrected chi connectivity index (χ2v) is 4.41. The molecule has 0 saturated heterocycles. The van der Waals surface area contributed by atoms with E-state index in [0.717, 1.165) is 5.56 Å². The number of hydrogen-bond acceptors (Lipinski definition) is 4. The van der Waals surface area contributed by atoms with E-state index in [4.69, 9.17) is 11.0 Å². The summed E-state index contributed by atoms with van der Waals surface area (Å²) < 4.78 is 0. The number of nitriles is 1. The Morgan fingerprint density at radius 2 is 2.20 bits per heavy atom. The van der Waals surface area contributed by atoms with Gasteiger partial charge >= 0.3 is 0 Å². The Kier molecular flexibility index (Phi) is 3.96. The molecule has 0 unspecified atom stereocenters. The molecule has 1 amide bonds. The smallest absolute Gasteiger partial charge is 0.274 e. The Bertz CT molecular complexity index is 676. The van der Waals surface area contributed by atoms with Crippen LogP contribution in [0.25, 0.3) is 0 Å². The maximum atomic E-state index is 12.2. The van der Waals surface area contributed by atoms with Gasteiger partial charge in [0.1, 0.15) is 0 Å². The lowest BCUT2D eigenvalue weighted by molar-refractivity contribution is 0.0780. The lowest BCUT2D eigenvalue weighted by Gasteiger charge is -2.17. The van der Waals surface area contributed by atoms with E-state index >= 15 is 0 Å². The maximum absolute atomic E-state index is 12.2. The van der Waals surface area contributed by atoms with Gasteiger partial charge in [0.25, 0.3) is 5.91 Å². The van der Waals surface area contributed by atoms with Crippen molar-refractivity contribution in [3.8, 4) is 6.07 Å². The number of pyridine rings is 1. The van der Waals surface area contributed by atoms with Crippen molar-refractivity contribution in [1.82, 2.24) is 9.88 Å². The van der Waals surface area contributed by atoms with Crippen LogP contribution in [0.1, 0.15) is 21.6 Å². The van der Waals surface area contributed by atoms with Crippen molar-refractivity contribution < 1.29 is 4.79 Å². The summed E-state index contributed by atoms with van der Waals surface area (Å²) in [5, 5.41) is 8.86. The number of rotatable bonds is 3. The van der Waals surface area contributed by atoms with Gasteiger partial charge in [0.2, 0.25) is 0 Å². The molecular formula is C15H14N4O. The topological polar surface area (TPSA) is 83.0 Å². The molecule has 1 heterocycles. The monoisotopic (exact) mass is 266 g/mol. The molecule has 5 heteroatoms. The third-order valence-electron chi connectivity index (χ3n) is 2.86. The van der Waals surface area contributed by atoms with E-state index < -0.39 is 0 Å². The first kappa shape index (κ1) is 13.6. The second kappa shape index (κ2) is 5.85. The van der Waals surface area contributed by atoms with Gasteiger partial charge in [0.15, 0.2) is 5.69 Å². The third kappa shape index (κ3) is 2.93. The summed E-state index contributed by atoms with van der Waals surface area (Å²) in [7, 11) is 1.68. The van der Waals surface area contributed by atoms with Crippen LogP contribution in [0.3, 0.4) is 0 Å². The quantitative estimate of drug-likeness (QED) is 0.918. The molecule has 0 fully saturated rings. The van der Waals surface area contributed by atoms with Crippen molar-refractivity contribution in [1.29, 1.82) is 5.26 Å². The lowest BCUT2D eigenvalue weighted by atomic mass is 10.1. The fourth-order valence-corrected chi connectivity index (χ4v) is 1.86. The van der Waals surface area contributed by atoms with Gasteiger partial charge in [0, 0.05) is 19.8 Å².